The fourth-order valence-electron chi connectivity index (χ4n) is 2.15. The molecular weight excluding hydrogens is 232 g/mol. The molecule has 1 saturated heterocycles. The van der Waals surface area contributed by atoms with Crippen molar-refractivity contribution in [2.75, 3.05) is 26.9 Å². The SMILES string of the molecule is CCOC(=O)CC1(c2ccc(OC)cc2)COC1. The van der Waals surface area contributed by atoms with Gasteiger partial charge >= 0.3 is 5.97 Å². The fourth-order valence-corrected chi connectivity index (χ4v) is 2.15. The Kier molecular flexibility index (Phi) is 3.87. The van der Waals surface area contributed by atoms with Gasteiger partial charge in [-0.15, -0.1) is 0 Å². The maximum Gasteiger partial charge on any atom is 0.306 e. The number of carbonyl (C=O) groups is 1. The average Bonchev–Trinajstić information content (AvgIpc) is 2.34. The van der Waals surface area contributed by atoms with Crippen LogP contribution in [0.5, 0.6) is 5.75 Å². The van der Waals surface area contributed by atoms with Gasteiger partial charge in [-0.1, -0.05) is 12.1 Å². The van der Waals surface area contributed by atoms with Crippen LogP contribution in [0.2, 0.25) is 0 Å². The van der Waals surface area contributed by atoms with Gasteiger partial charge in [0.2, 0.25) is 0 Å². The van der Waals surface area contributed by atoms with E-state index in [9.17, 15) is 4.79 Å². The number of benzene rings is 1. The lowest BCUT2D eigenvalue weighted by molar-refractivity contribution is -0.151. The van der Waals surface area contributed by atoms with E-state index in [0.717, 1.165) is 11.3 Å². The molecule has 0 aliphatic carbocycles. The lowest BCUT2D eigenvalue weighted by Gasteiger charge is -2.41. The summed E-state index contributed by atoms with van der Waals surface area (Å²) in [6, 6.07) is 7.78. The quantitative estimate of drug-likeness (QED) is 0.749. The third-order valence-corrected chi connectivity index (χ3v) is 3.25. The summed E-state index contributed by atoms with van der Waals surface area (Å²) in [6.07, 6.45) is 0.368. The average molecular weight is 250 g/mol. The van der Waals surface area contributed by atoms with Crippen LogP contribution < -0.4 is 4.74 Å². The number of ether oxygens (including phenoxy) is 3. The Bertz CT molecular complexity index is 406. The second-order valence-corrected chi connectivity index (χ2v) is 4.48. The third-order valence-electron chi connectivity index (χ3n) is 3.25. The predicted octanol–water partition coefficient (Wildman–Crippen LogP) is 1.92. The molecule has 0 atom stereocenters. The van der Waals surface area contributed by atoms with Gasteiger partial charge in [-0.3, -0.25) is 4.79 Å². The monoisotopic (exact) mass is 250 g/mol. The number of carbonyl (C=O) groups excluding carboxylic acids is 1. The zero-order chi connectivity index (χ0) is 13.0. The molecule has 0 unspecified atom stereocenters. The predicted molar refractivity (Wildman–Crippen MR) is 66.7 cm³/mol. The minimum atomic E-state index is -0.224. The highest BCUT2D eigenvalue weighted by atomic mass is 16.5. The van der Waals surface area contributed by atoms with Crippen LogP contribution in [0.25, 0.3) is 0 Å². The molecule has 98 valence electrons. The summed E-state index contributed by atoms with van der Waals surface area (Å²) >= 11 is 0. The first kappa shape index (κ1) is 12.9. The van der Waals surface area contributed by atoms with Crippen molar-refractivity contribution >= 4 is 5.97 Å². The smallest absolute Gasteiger partial charge is 0.306 e. The summed E-state index contributed by atoms with van der Waals surface area (Å²) in [7, 11) is 1.63. The molecule has 1 heterocycles. The molecular formula is C14H18O4. The molecule has 2 rings (SSSR count). The van der Waals surface area contributed by atoms with Gasteiger partial charge in [0.25, 0.3) is 0 Å². The van der Waals surface area contributed by atoms with Gasteiger partial charge in [0, 0.05) is 0 Å². The molecule has 0 radical (unpaired) electrons. The van der Waals surface area contributed by atoms with Crippen molar-refractivity contribution in [1.82, 2.24) is 0 Å². The van der Waals surface area contributed by atoms with E-state index in [1.807, 2.05) is 31.2 Å². The molecule has 1 aromatic carbocycles. The molecule has 1 aromatic rings. The lowest BCUT2D eigenvalue weighted by Crippen LogP contribution is -2.48. The van der Waals surface area contributed by atoms with Crippen LogP contribution in [0.15, 0.2) is 24.3 Å². The van der Waals surface area contributed by atoms with Gasteiger partial charge in [-0.25, -0.2) is 0 Å². The van der Waals surface area contributed by atoms with Crippen molar-refractivity contribution in [2.24, 2.45) is 0 Å². The van der Waals surface area contributed by atoms with Crippen molar-refractivity contribution in [3.05, 3.63) is 29.8 Å². The fraction of sp³-hybridized carbons (Fsp3) is 0.500. The molecule has 0 amide bonds. The van der Waals surface area contributed by atoms with Crippen LogP contribution in [-0.2, 0) is 19.7 Å². The maximum atomic E-state index is 11.6. The Morgan fingerprint density at radius 1 is 1.33 bits per heavy atom. The Morgan fingerprint density at radius 3 is 2.44 bits per heavy atom. The van der Waals surface area contributed by atoms with Gasteiger partial charge < -0.3 is 14.2 Å². The molecule has 1 aliphatic rings. The molecule has 0 bridgehead atoms. The molecule has 1 fully saturated rings. The largest absolute Gasteiger partial charge is 0.497 e. The molecule has 0 aromatic heterocycles. The normalized spacial score (nSPS) is 16.8. The molecule has 18 heavy (non-hydrogen) atoms. The van der Waals surface area contributed by atoms with E-state index in [1.165, 1.54) is 0 Å². The van der Waals surface area contributed by atoms with Gasteiger partial charge in [0.1, 0.15) is 5.75 Å². The van der Waals surface area contributed by atoms with Crippen molar-refractivity contribution < 1.29 is 19.0 Å². The van der Waals surface area contributed by atoms with Crippen molar-refractivity contribution in [2.45, 2.75) is 18.8 Å². The van der Waals surface area contributed by atoms with Gasteiger partial charge in [0.05, 0.1) is 38.8 Å². The summed E-state index contributed by atoms with van der Waals surface area (Å²) in [5.41, 5.74) is 0.876. The van der Waals surface area contributed by atoms with Crippen LogP contribution in [0, 0.1) is 0 Å². The zero-order valence-electron chi connectivity index (χ0n) is 10.8. The van der Waals surface area contributed by atoms with E-state index in [4.69, 9.17) is 14.2 Å². The Balaban J connectivity index is 2.13. The minimum absolute atomic E-state index is 0.170. The van der Waals surface area contributed by atoms with Gasteiger partial charge in [-0.2, -0.15) is 0 Å². The summed E-state index contributed by atoms with van der Waals surface area (Å²) in [4.78, 5) is 11.6. The van der Waals surface area contributed by atoms with Crippen molar-refractivity contribution in [3.63, 3.8) is 0 Å². The third kappa shape index (κ3) is 2.48. The minimum Gasteiger partial charge on any atom is -0.497 e. The Labute approximate surface area is 107 Å². The number of hydrogen-bond donors (Lipinski definition) is 0. The van der Waals surface area contributed by atoms with Crippen LogP contribution in [0.1, 0.15) is 18.9 Å². The number of rotatable bonds is 5. The topological polar surface area (TPSA) is 44.8 Å². The first-order chi connectivity index (χ1) is 8.70. The summed E-state index contributed by atoms with van der Waals surface area (Å²) in [6.45, 7) is 3.36. The Hall–Kier alpha value is -1.55. The van der Waals surface area contributed by atoms with E-state index in [1.54, 1.807) is 7.11 Å². The zero-order valence-corrected chi connectivity index (χ0v) is 10.8. The summed E-state index contributed by atoms with van der Waals surface area (Å²) < 4.78 is 15.4. The highest BCUT2D eigenvalue weighted by Gasteiger charge is 2.42. The number of hydrogen-bond acceptors (Lipinski definition) is 4. The molecule has 4 heteroatoms. The van der Waals surface area contributed by atoms with Crippen LogP contribution in [-0.4, -0.2) is 32.9 Å². The lowest BCUT2D eigenvalue weighted by atomic mass is 9.76. The molecule has 0 spiro atoms. The molecule has 4 nitrogen and oxygen atoms in total. The van der Waals surface area contributed by atoms with E-state index in [0.29, 0.717) is 26.2 Å². The van der Waals surface area contributed by atoms with Gasteiger partial charge in [0.15, 0.2) is 0 Å². The first-order valence-corrected chi connectivity index (χ1v) is 6.08. The van der Waals surface area contributed by atoms with Crippen LogP contribution >= 0.6 is 0 Å². The standard InChI is InChI=1S/C14H18O4/c1-3-18-13(15)8-14(9-17-10-14)11-4-6-12(16-2)7-5-11/h4-7H,3,8-10H2,1-2H3. The number of methoxy groups -OCH3 is 1. The summed E-state index contributed by atoms with van der Waals surface area (Å²) in [5.74, 6) is 0.641. The van der Waals surface area contributed by atoms with E-state index < -0.39 is 0 Å². The molecule has 0 saturated carbocycles. The van der Waals surface area contributed by atoms with Gasteiger partial charge in [-0.05, 0) is 24.6 Å². The highest BCUT2D eigenvalue weighted by molar-refractivity contribution is 5.72. The highest BCUT2D eigenvalue weighted by Crippen LogP contribution is 2.36. The van der Waals surface area contributed by atoms with Crippen LogP contribution in [0.3, 0.4) is 0 Å². The Morgan fingerprint density at radius 2 is 2.00 bits per heavy atom. The maximum absolute atomic E-state index is 11.6. The van der Waals surface area contributed by atoms with E-state index in [2.05, 4.69) is 0 Å². The first-order valence-electron chi connectivity index (χ1n) is 6.08. The van der Waals surface area contributed by atoms with Crippen LogP contribution in [0.4, 0.5) is 0 Å². The molecule has 0 N–H and O–H groups in total. The number of esters is 1. The van der Waals surface area contributed by atoms with E-state index >= 15 is 0 Å². The van der Waals surface area contributed by atoms with Crippen molar-refractivity contribution in [3.8, 4) is 5.75 Å². The van der Waals surface area contributed by atoms with Crippen molar-refractivity contribution in [1.29, 1.82) is 0 Å². The summed E-state index contributed by atoms with van der Waals surface area (Å²) in [5, 5.41) is 0. The van der Waals surface area contributed by atoms with E-state index in [-0.39, 0.29) is 11.4 Å². The molecule has 1 aliphatic heterocycles. The second kappa shape index (κ2) is 5.40. The second-order valence-electron chi connectivity index (χ2n) is 4.48.